The number of aromatic nitrogens is 3. The molecule has 3 aromatic heterocycles. The van der Waals surface area contributed by atoms with Crippen molar-refractivity contribution in [2.45, 2.75) is 6.61 Å². The van der Waals surface area contributed by atoms with Crippen LogP contribution in [-0.4, -0.2) is 26.6 Å². The average Bonchev–Trinajstić information content (AvgIpc) is 3.48. The number of benzene rings is 1. The van der Waals surface area contributed by atoms with E-state index in [2.05, 4.69) is 15.4 Å². The van der Waals surface area contributed by atoms with E-state index in [9.17, 15) is 9.59 Å². The fourth-order valence-electron chi connectivity index (χ4n) is 2.55. The molecule has 146 valence electrons. The number of ether oxygens (including phenoxy) is 1. The summed E-state index contributed by atoms with van der Waals surface area (Å²) in [7, 11) is 1.85. The lowest BCUT2D eigenvalue weighted by Crippen LogP contribution is -2.10. The molecule has 1 N–H and O–H groups in total. The molecule has 0 saturated carbocycles. The van der Waals surface area contributed by atoms with Crippen molar-refractivity contribution in [3.05, 3.63) is 75.7 Å². The summed E-state index contributed by atoms with van der Waals surface area (Å²) in [5.74, 6) is -0.625. The first-order chi connectivity index (χ1) is 14.1. The third-order valence-corrected chi connectivity index (χ3v) is 5.79. The van der Waals surface area contributed by atoms with Crippen LogP contribution in [0.15, 0.2) is 59.6 Å². The van der Waals surface area contributed by atoms with Gasteiger partial charge in [-0.3, -0.25) is 9.48 Å². The first-order valence-corrected chi connectivity index (χ1v) is 10.4. The number of carbonyl (C=O) groups excluding carboxylic acids is 2. The van der Waals surface area contributed by atoms with Gasteiger partial charge in [0.1, 0.15) is 11.6 Å². The van der Waals surface area contributed by atoms with E-state index in [-0.39, 0.29) is 12.5 Å². The average molecular weight is 425 g/mol. The van der Waals surface area contributed by atoms with Crippen LogP contribution in [0, 0.1) is 0 Å². The Hall–Kier alpha value is -3.30. The van der Waals surface area contributed by atoms with Gasteiger partial charge in [0.05, 0.1) is 22.3 Å². The molecule has 3 heterocycles. The Morgan fingerprint density at radius 2 is 2.00 bits per heavy atom. The van der Waals surface area contributed by atoms with Gasteiger partial charge in [0.15, 0.2) is 0 Å². The Labute approximate surface area is 174 Å². The number of rotatable bonds is 6. The zero-order chi connectivity index (χ0) is 20.2. The van der Waals surface area contributed by atoms with Crippen molar-refractivity contribution in [1.29, 1.82) is 0 Å². The molecule has 0 aliphatic heterocycles. The van der Waals surface area contributed by atoms with Gasteiger partial charge in [-0.25, -0.2) is 9.78 Å². The highest BCUT2D eigenvalue weighted by molar-refractivity contribution is 7.13. The summed E-state index contributed by atoms with van der Waals surface area (Å²) < 4.78 is 7.06. The molecule has 0 atom stereocenters. The van der Waals surface area contributed by atoms with E-state index in [0.29, 0.717) is 21.8 Å². The van der Waals surface area contributed by atoms with E-state index >= 15 is 0 Å². The van der Waals surface area contributed by atoms with E-state index < -0.39 is 5.97 Å². The molecular weight excluding hydrogens is 408 g/mol. The van der Waals surface area contributed by atoms with Gasteiger partial charge in [-0.05, 0) is 35.7 Å². The molecule has 1 aromatic carbocycles. The summed E-state index contributed by atoms with van der Waals surface area (Å²) in [5, 5.41) is 11.5. The fourth-order valence-corrected chi connectivity index (χ4v) is 3.95. The van der Waals surface area contributed by atoms with Crippen LogP contribution in [-0.2, 0) is 18.4 Å². The van der Waals surface area contributed by atoms with E-state index in [1.54, 1.807) is 41.2 Å². The third kappa shape index (κ3) is 4.58. The minimum atomic E-state index is -0.447. The largest absolute Gasteiger partial charge is 0.456 e. The van der Waals surface area contributed by atoms with Gasteiger partial charge >= 0.3 is 5.97 Å². The Bertz CT molecular complexity index is 1130. The quantitative estimate of drug-likeness (QED) is 0.469. The lowest BCUT2D eigenvalue weighted by molar-refractivity contribution is 0.0468. The number of nitrogens with zero attached hydrogens (tertiary/aromatic N) is 3. The minimum absolute atomic E-state index is 0.0897. The molecule has 0 radical (unpaired) electrons. The van der Waals surface area contributed by atoms with Gasteiger partial charge in [0.2, 0.25) is 0 Å². The van der Waals surface area contributed by atoms with Gasteiger partial charge in [-0.1, -0.05) is 6.07 Å². The number of esters is 1. The summed E-state index contributed by atoms with van der Waals surface area (Å²) in [6.45, 7) is 0.0897. The monoisotopic (exact) mass is 424 g/mol. The van der Waals surface area contributed by atoms with Crippen LogP contribution in [0.4, 0.5) is 5.69 Å². The van der Waals surface area contributed by atoms with Crippen molar-refractivity contribution in [2.75, 3.05) is 5.32 Å². The predicted octanol–water partition coefficient (Wildman–Crippen LogP) is 4.21. The predicted molar refractivity (Wildman–Crippen MR) is 112 cm³/mol. The van der Waals surface area contributed by atoms with Crippen molar-refractivity contribution in [3.8, 4) is 10.6 Å². The molecule has 29 heavy (non-hydrogen) atoms. The van der Waals surface area contributed by atoms with Crippen LogP contribution in [0.5, 0.6) is 0 Å². The van der Waals surface area contributed by atoms with Crippen LogP contribution >= 0.6 is 22.7 Å². The summed E-state index contributed by atoms with van der Waals surface area (Å²) in [5.41, 5.74) is 2.62. The highest BCUT2D eigenvalue weighted by atomic mass is 32.1. The zero-order valence-electron chi connectivity index (χ0n) is 15.4. The maximum absolute atomic E-state index is 12.3. The van der Waals surface area contributed by atoms with Crippen molar-refractivity contribution < 1.29 is 14.3 Å². The second kappa shape index (κ2) is 8.38. The highest BCUT2D eigenvalue weighted by Gasteiger charge is 2.12. The number of aryl methyl sites for hydroxylation is 1. The fraction of sp³-hybridized carbons (Fsp3) is 0.100. The van der Waals surface area contributed by atoms with Crippen LogP contribution in [0.2, 0.25) is 0 Å². The number of hydrogen-bond acceptors (Lipinski definition) is 7. The molecule has 0 saturated heterocycles. The summed E-state index contributed by atoms with van der Waals surface area (Å²) >= 11 is 2.84. The van der Waals surface area contributed by atoms with Gasteiger partial charge in [-0.2, -0.15) is 5.10 Å². The van der Waals surface area contributed by atoms with Crippen LogP contribution in [0.3, 0.4) is 0 Å². The summed E-state index contributed by atoms with van der Waals surface area (Å²) in [6.07, 6.45) is 3.63. The van der Waals surface area contributed by atoms with Crippen molar-refractivity contribution in [1.82, 2.24) is 14.8 Å². The number of carbonyl (C=O) groups is 2. The molecule has 0 spiro atoms. The molecule has 0 unspecified atom stereocenters. The van der Waals surface area contributed by atoms with Gasteiger partial charge in [0.25, 0.3) is 5.91 Å². The lowest BCUT2D eigenvalue weighted by Gasteiger charge is -2.06. The molecule has 9 heteroatoms. The van der Waals surface area contributed by atoms with E-state index in [0.717, 1.165) is 10.6 Å². The van der Waals surface area contributed by atoms with Gasteiger partial charge in [0, 0.05) is 29.9 Å². The second-order valence-corrected chi connectivity index (χ2v) is 7.94. The highest BCUT2D eigenvalue weighted by Crippen LogP contribution is 2.23. The maximum atomic E-state index is 12.3. The van der Waals surface area contributed by atoms with Crippen molar-refractivity contribution in [2.24, 2.45) is 7.05 Å². The summed E-state index contributed by atoms with van der Waals surface area (Å²) in [4.78, 5) is 29.4. The zero-order valence-corrected chi connectivity index (χ0v) is 17.0. The topological polar surface area (TPSA) is 86.1 Å². The SMILES string of the molecule is Cn1cc(-c2nc(COC(=O)c3ccc(NC(=O)c4cccs4)cc3)cs2)cn1. The molecule has 4 rings (SSSR count). The van der Waals surface area contributed by atoms with Crippen LogP contribution in [0.1, 0.15) is 25.7 Å². The first kappa shape index (κ1) is 19.0. The number of anilines is 1. The van der Waals surface area contributed by atoms with Crippen molar-refractivity contribution in [3.63, 3.8) is 0 Å². The molecule has 0 bridgehead atoms. The Balaban J connectivity index is 1.33. The third-order valence-electron chi connectivity index (χ3n) is 3.98. The normalized spacial score (nSPS) is 10.7. The Kier molecular flexibility index (Phi) is 5.50. The maximum Gasteiger partial charge on any atom is 0.338 e. The van der Waals surface area contributed by atoms with Crippen LogP contribution in [0.25, 0.3) is 10.6 Å². The molecule has 0 fully saturated rings. The van der Waals surface area contributed by atoms with Gasteiger partial charge < -0.3 is 10.1 Å². The van der Waals surface area contributed by atoms with Crippen molar-refractivity contribution >= 4 is 40.2 Å². The molecule has 0 aliphatic rings. The number of nitrogens with one attached hydrogen (secondary N) is 1. The Morgan fingerprint density at radius 3 is 2.69 bits per heavy atom. The smallest absolute Gasteiger partial charge is 0.338 e. The number of hydrogen-bond donors (Lipinski definition) is 1. The lowest BCUT2D eigenvalue weighted by atomic mass is 10.2. The Morgan fingerprint density at radius 1 is 1.17 bits per heavy atom. The number of amides is 1. The molecule has 4 aromatic rings. The molecule has 1 amide bonds. The van der Waals surface area contributed by atoms with Gasteiger partial charge in [-0.15, -0.1) is 22.7 Å². The molecule has 7 nitrogen and oxygen atoms in total. The number of thiazole rings is 1. The standard InChI is InChI=1S/C20H16N4O3S2/c1-24-10-14(9-21-24)19-23-16(12-29-19)11-27-20(26)13-4-6-15(7-5-13)22-18(25)17-3-2-8-28-17/h2-10,12H,11H2,1H3,(H,22,25). The van der Waals surface area contributed by atoms with E-state index in [4.69, 9.17) is 4.74 Å². The first-order valence-electron chi connectivity index (χ1n) is 8.64. The molecule has 0 aliphatic carbocycles. The second-order valence-electron chi connectivity index (χ2n) is 6.13. The van der Waals surface area contributed by atoms with E-state index in [1.807, 2.05) is 30.1 Å². The van der Waals surface area contributed by atoms with E-state index in [1.165, 1.54) is 22.7 Å². The summed E-state index contributed by atoms with van der Waals surface area (Å²) in [6, 6.07) is 10.2. The van der Waals surface area contributed by atoms with Crippen LogP contribution < -0.4 is 5.32 Å². The number of thiophene rings is 1. The minimum Gasteiger partial charge on any atom is -0.456 e. The molecular formula is C20H16N4O3S2.